The molecule has 0 aromatic heterocycles. The van der Waals surface area contributed by atoms with E-state index < -0.39 is 10.0 Å². The lowest BCUT2D eigenvalue weighted by molar-refractivity contribution is 0.402. The van der Waals surface area contributed by atoms with Crippen molar-refractivity contribution < 1.29 is 13.2 Å². The molecular formula is C13H20N2O3S3. The summed E-state index contributed by atoms with van der Waals surface area (Å²) in [6.07, 6.45) is 0. The van der Waals surface area contributed by atoms with Crippen molar-refractivity contribution in [1.82, 2.24) is 4.72 Å². The van der Waals surface area contributed by atoms with Crippen molar-refractivity contribution in [2.24, 2.45) is 0 Å². The minimum absolute atomic E-state index is 0.0987. The minimum Gasteiger partial charge on any atom is -0.495 e. The molecule has 1 aliphatic rings. The first kappa shape index (κ1) is 16.8. The Bertz CT molecular complexity index is 599. The predicted octanol–water partition coefficient (Wildman–Crippen LogP) is 1.71. The summed E-state index contributed by atoms with van der Waals surface area (Å²) in [7, 11) is -2.16. The Morgan fingerprint density at radius 1 is 1.43 bits per heavy atom. The van der Waals surface area contributed by atoms with E-state index in [1.165, 1.54) is 13.2 Å². The van der Waals surface area contributed by atoms with Crippen LogP contribution in [0.4, 0.5) is 5.69 Å². The number of anilines is 1. The van der Waals surface area contributed by atoms with Gasteiger partial charge < -0.3 is 10.5 Å². The average molecular weight is 349 g/mol. The maximum absolute atomic E-state index is 12.5. The highest BCUT2D eigenvalue weighted by atomic mass is 32.2. The lowest BCUT2D eigenvalue weighted by Crippen LogP contribution is -2.33. The van der Waals surface area contributed by atoms with Gasteiger partial charge in [0.15, 0.2) is 0 Å². The van der Waals surface area contributed by atoms with E-state index >= 15 is 0 Å². The van der Waals surface area contributed by atoms with Crippen LogP contribution in [-0.4, -0.2) is 44.6 Å². The van der Waals surface area contributed by atoms with Crippen LogP contribution in [0.5, 0.6) is 5.75 Å². The van der Waals surface area contributed by atoms with Gasteiger partial charge in [0.25, 0.3) is 0 Å². The fraction of sp³-hybridized carbons (Fsp3) is 0.538. The van der Waals surface area contributed by atoms with Gasteiger partial charge in [0, 0.05) is 34.7 Å². The zero-order valence-corrected chi connectivity index (χ0v) is 14.5. The fourth-order valence-electron chi connectivity index (χ4n) is 1.98. The molecule has 21 heavy (non-hydrogen) atoms. The number of nitrogens with one attached hydrogen (secondary N) is 1. The summed E-state index contributed by atoms with van der Waals surface area (Å²) in [5.41, 5.74) is 7.06. The fourth-order valence-corrected chi connectivity index (χ4v) is 5.96. The third-order valence-electron chi connectivity index (χ3n) is 3.23. The van der Waals surface area contributed by atoms with E-state index in [1.807, 2.05) is 30.4 Å². The smallest absolute Gasteiger partial charge is 0.244 e. The number of aryl methyl sites for hydroxylation is 1. The maximum atomic E-state index is 12.5. The van der Waals surface area contributed by atoms with E-state index in [0.717, 1.165) is 22.8 Å². The van der Waals surface area contributed by atoms with Gasteiger partial charge in [0.2, 0.25) is 10.0 Å². The average Bonchev–Trinajstić information content (AvgIpc) is 2.48. The van der Waals surface area contributed by atoms with Gasteiger partial charge >= 0.3 is 0 Å². The number of nitrogens with two attached hydrogens (primary N) is 1. The molecule has 0 saturated carbocycles. The Kier molecular flexibility index (Phi) is 5.70. The van der Waals surface area contributed by atoms with Crippen molar-refractivity contribution in [3.05, 3.63) is 17.7 Å². The molecule has 0 radical (unpaired) electrons. The van der Waals surface area contributed by atoms with Crippen molar-refractivity contribution in [3.8, 4) is 5.75 Å². The molecule has 8 heteroatoms. The minimum atomic E-state index is -3.62. The number of sulfonamides is 1. The molecular weight excluding hydrogens is 328 g/mol. The van der Waals surface area contributed by atoms with E-state index in [2.05, 4.69) is 4.72 Å². The van der Waals surface area contributed by atoms with Crippen molar-refractivity contribution in [1.29, 1.82) is 0 Å². The van der Waals surface area contributed by atoms with E-state index in [9.17, 15) is 8.42 Å². The van der Waals surface area contributed by atoms with Crippen LogP contribution in [0.15, 0.2) is 17.0 Å². The summed E-state index contributed by atoms with van der Waals surface area (Å²) >= 11 is 3.67. The van der Waals surface area contributed by atoms with Gasteiger partial charge in [-0.2, -0.15) is 23.5 Å². The summed E-state index contributed by atoms with van der Waals surface area (Å²) in [5.74, 6) is 3.49. The van der Waals surface area contributed by atoms with Crippen molar-refractivity contribution in [2.75, 3.05) is 36.6 Å². The number of hydrogen-bond acceptors (Lipinski definition) is 6. The van der Waals surface area contributed by atoms with Crippen LogP contribution in [0.1, 0.15) is 5.56 Å². The first-order valence-electron chi connectivity index (χ1n) is 6.57. The zero-order valence-electron chi connectivity index (χ0n) is 12.1. The monoisotopic (exact) mass is 348 g/mol. The molecule has 1 aromatic carbocycles. The lowest BCUT2D eigenvalue weighted by Gasteiger charge is -2.21. The second-order valence-electron chi connectivity index (χ2n) is 4.78. The molecule has 1 unspecified atom stereocenters. The second-order valence-corrected chi connectivity index (χ2v) is 9.07. The standard InChI is InChI=1S/C13H20N2O3S3/c1-9-5-12(18-2)13(6-11(9)14)21(16,17)15-7-10-8-19-3-4-20-10/h5-6,10,15H,3-4,7-8,14H2,1-2H3. The SMILES string of the molecule is COc1cc(C)c(N)cc1S(=O)(=O)NCC1CSCCS1. The number of benzene rings is 1. The second kappa shape index (κ2) is 7.13. The van der Waals surface area contributed by atoms with Crippen LogP contribution in [0, 0.1) is 6.92 Å². The molecule has 1 saturated heterocycles. The van der Waals surface area contributed by atoms with Crippen LogP contribution in [-0.2, 0) is 10.0 Å². The number of thioether (sulfide) groups is 2. The number of rotatable bonds is 5. The molecule has 5 nitrogen and oxygen atoms in total. The highest BCUT2D eigenvalue weighted by Crippen LogP contribution is 2.29. The third-order valence-corrected chi connectivity index (χ3v) is 7.52. The molecule has 0 spiro atoms. The first-order valence-corrected chi connectivity index (χ1v) is 10.3. The molecule has 1 aromatic rings. The maximum Gasteiger partial charge on any atom is 0.244 e. The summed E-state index contributed by atoms with van der Waals surface area (Å²) in [6.45, 7) is 2.24. The molecule has 0 amide bonds. The molecule has 1 heterocycles. The molecule has 118 valence electrons. The summed E-state index contributed by atoms with van der Waals surface area (Å²) in [4.78, 5) is 0.0987. The van der Waals surface area contributed by atoms with Gasteiger partial charge in [-0.15, -0.1) is 0 Å². The Labute approximate surface area is 134 Å². The molecule has 1 fully saturated rings. The van der Waals surface area contributed by atoms with E-state index in [4.69, 9.17) is 10.5 Å². The van der Waals surface area contributed by atoms with Crippen molar-refractivity contribution in [3.63, 3.8) is 0 Å². The summed E-state index contributed by atoms with van der Waals surface area (Å²) < 4.78 is 32.8. The van der Waals surface area contributed by atoms with Gasteiger partial charge in [-0.3, -0.25) is 0 Å². The summed E-state index contributed by atoms with van der Waals surface area (Å²) in [6, 6.07) is 3.11. The predicted molar refractivity (Wildman–Crippen MR) is 90.9 cm³/mol. The van der Waals surface area contributed by atoms with Crippen molar-refractivity contribution in [2.45, 2.75) is 17.1 Å². The van der Waals surface area contributed by atoms with E-state index in [1.54, 1.807) is 6.07 Å². The summed E-state index contributed by atoms with van der Waals surface area (Å²) in [5, 5.41) is 0.312. The van der Waals surface area contributed by atoms with Crippen LogP contribution in [0.3, 0.4) is 0 Å². The molecule has 2 rings (SSSR count). The molecule has 0 aliphatic carbocycles. The Balaban J connectivity index is 2.16. The van der Waals surface area contributed by atoms with Gasteiger partial charge in [-0.1, -0.05) is 0 Å². The van der Waals surface area contributed by atoms with Gasteiger partial charge in [0.1, 0.15) is 10.6 Å². The molecule has 3 N–H and O–H groups in total. The highest BCUT2D eigenvalue weighted by Gasteiger charge is 2.23. The molecule has 1 aliphatic heterocycles. The highest BCUT2D eigenvalue weighted by molar-refractivity contribution is 8.06. The normalized spacial score (nSPS) is 19.4. The van der Waals surface area contributed by atoms with Crippen LogP contribution in [0.25, 0.3) is 0 Å². The topological polar surface area (TPSA) is 81.4 Å². The Morgan fingerprint density at radius 3 is 2.81 bits per heavy atom. The van der Waals surface area contributed by atoms with Gasteiger partial charge in [0.05, 0.1) is 7.11 Å². The Morgan fingerprint density at radius 2 is 2.19 bits per heavy atom. The molecule has 0 bridgehead atoms. The largest absolute Gasteiger partial charge is 0.495 e. The number of ether oxygens (including phenoxy) is 1. The molecule has 1 atom stereocenters. The third kappa shape index (κ3) is 4.21. The van der Waals surface area contributed by atoms with Crippen LogP contribution >= 0.6 is 23.5 Å². The van der Waals surface area contributed by atoms with E-state index in [0.29, 0.717) is 23.2 Å². The zero-order chi connectivity index (χ0) is 15.5. The Hall–Kier alpha value is -0.570. The van der Waals surface area contributed by atoms with Crippen LogP contribution in [0.2, 0.25) is 0 Å². The van der Waals surface area contributed by atoms with Gasteiger partial charge in [-0.25, -0.2) is 13.1 Å². The number of methoxy groups -OCH3 is 1. The van der Waals surface area contributed by atoms with Crippen LogP contribution < -0.4 is 15.2 Å². The first-order chi connectivity index (χ1) is 9.94. The number of nitrogen functional groups attached to an aromatic ring is 1. The lowest BCUT2D eigenvalue weighted by atomic mass is 10.2. The van der Waals surface area contributed by atoms with Crippen molar-refractivity contribution >= 4 is 39.2 Å². The number of hydrogen-bond donors (Lipinski definition) is 2. The van der Waals surface area contributed by atoms with Gasteiger partial charge in [-0.05, 0) is 24.6 Å². The van der Waals surface area contributed by atoms with E-state index in [-0.39, 0.29) is 4.90 Å². The quantitative estimate of drug-likeness (QED) is 0.789.